The smallest absolute Gasteiger partial charge is 0.416 e. The molecule has 1 aromatic carbocycles. The molecule has 1 heterocycles. The van der Waals surface area contributed by atoms with E-state index in [4.69, 9.17) is 9.47 Å². The number of ether oxygens (including phenoxy) is 2. The zero-order valence-electron chi connectivity index (χ0n) is 12.9. The monoisotopic (exact) mass is 317 g/mol. The number of hydrogen-bond acceptors (Lipinski definition) is 3. The molecule has 0 bridgehead atoms. The fourth-order valence-corrected chi connectivity index (χ4v) is 2.51. The molecular weight excluding hydrogens is 295 g/mol. The van der Waals surface area contributed by atoms with Crippen LogP contribution in [0.15, 0.2) is 24.3 Å². The van der Waals surface area contributed by atoms with Gasteiger partial charge in [0.2, 0.25) is 0 Å². The van der Waals surface area contributed by atoms with Crippen molar-refractivity contribution in [2.75, 3.05) is 32.8 Å². The van der Waals surface area contributed by atoms with Crippen molar-refractivity contribution in [1.82, 2.24) is 4.90 Å². The van der Waals surface area contributed by atoms with Crippen LogP contribution in [0.25, 0.3) is 0 Å². The van der Waals surface area contributed by atoms with Crippen LogP contribution in [0.4, 0.5) is 13.2 Å². The Labute approximate surface area is 129 Å². The predicted molar refractivity (Wildman–Crippen MR) is 78.0 cm³/mol. The quantitative estimate of drug-likeness (QED) is 0.849. The molecule has 22 heavy (non-hydrogen) atoms. The van der Waals surface area contributed by atoms with E-state index in [1.165, 1.54) is 12.1 Å². The van der Waals surface area contributed by atoms with E-state index < -0.39 is 11.7 Å². The minimum absolute atomic E-state index is 0.169. The lowest BCUT2D eigenvalue weighted by molar-refractivity contribution is -0.137. The van der Waals surface area contributed by atoms with Crippen LogP contribution in [0.2, 0.25) is 0 Å². The van der Waals surface area contributed by atoms with Crippen molar-refractivity contribution in [3.63, 3.8) is 0 Å². The molecule has 1 aliphatic rings. The lowest BCUT2D eigenvalue weighted by Crippen LogP contribution is -2.38. The largest absolute Gasteiger partial charge is 0.487 e. The molecule has 0 spiro atoms. The Morgan fingerprint density at radius 3 is 2.55 bits per heavy atom. The number of hydrogen-bond donors (Lipinski definition) is 0. The van der Waals surface area contributed by atoms with E-state index in [-0.39, 0.29) is 6.10 Å². The number of alkyl halides is 3. The van der Waals surface area contributed by atoms with Crippen LogP contribution in [-0.2, 0) is 10.9 Å². The first kappa shape index (κ1) is 17.1. The third-order valence-corrected chi connectivity index (χ3v) is 3.43. The van der Waals surface area contributed by atoms with E-state index in [0.717, 1.165) is 31.8 Å². The summed E-state index contributed by atoms with van der Waals surface area (Å²) in [6, 6.07) is 4.80. The molecular formula is C16H22F3NO2. The normalized spacial score (nSPS) is 20.9. The van der Waals surface area contributed by atoms with Crippen molar-refractivity contribution in [1.29, 1.82) is 0 Å². The zero-order chi connectivity index (χ0) is 16.2. The second kappa shape index (κ2) is 7.33. The summed E-state index contributed by atoms with van der Waals surface area (Å²) in [4.78, 5) is 2.27. The van der Waals surface area contributed by atoms with Gasteiger partial charge >= 0.3 is 6.18 Å². The first-order valence-electron chi connectivity index (χ1n) is 7.48. The molecule has 2 rings (SSSR count). The maximum atomic E-state index is 12.5. The van der Waals surface area contributed by atoms with Gasteiger partial charge in [0.25, 0.3) is 0 Å². The van der Waals surface area contributed by atoms with Crippen molar-refractivity contribution in [2.45, 2.75) is 26.1 Å². The van der Waals surface area contributed by atoms with Crippen LogP contribution in [0, 0.1) is 5.92 Å². The maximum Gasteiger partial charge on any atom is 0.416 e. The Morgan fingerprint density at radius 2 is 1.95 bits per heavy atom. The van der Waals surface area contributed by atoms with Crippen LogP contribution in [-0.4, -0.2) is 43.9 Å². The van der Waals surface area contributed by atoms with Gasteiger partial charge in [0.1, 0.15) is 11.9 Å². The summed E-state index contributed by atoms with van der Waals surface area (Å²) in [6.45, 7) is 7.94. The van der Waals surface area contributed by atoms with E-state index in [2.05, 4.69) is 18.7 Å². The molecule has 1 atom stereocenters. The summed E-state index contributed by atoms with van der Waals surface area (Å²) in [6.07, 6.45) is -4.49. The highest BCUT2D eigenvalue weighted by Gasteiger charge is 2.30. The molecule has 6 heteroatoms. The summed E-state index contributed by atoms with van der Waals surface area (Å²) in [5.41, 5.74) is -0.668. The highest BCUT2D eigenvalue weighted by Crippen LogP contribution is 2.30. The predicted octanol–water partition coefficient (Wildman–Crippen LogP) is 3.44. The second-order valence-electron chi connectivity index (χ2n) is 5.99. The Bertz CT molecular complexity index is 459. The highest BCUT2D eigenvalue weighted by atomic mass is 19.4. The van der Waals surface area contributed by atoms with Gasteiger partial charge in [0.15, 0.2) is 0 Å². The van der Waals surface area contributed by atoms with Gasteiger partial charge in [-0.25, -0.2) is 0 Å². The van der Waals surface area contributed by atoms with Gasteiger partial charge in [-0.1, -0.05) is 13.8 Å². The van der Waals surface area contributed by atoms with E-state index in [1.54, 1.807) is 0 Å². The summed E-state index contributed by atoms with van der Waals surface area (Å²) >= 11 is 0. The standard InChI is InChI=1S/C16H22F3NO2/c1-12(2)9-20-7-8-21-11-15(10-20)22-14-5-3-13(4-6-14)16(17,18)19/h3-6,12,15H,7-11H2,1-2H3. The molecule has 3 nitrogen and oxygen atoms in total. The van der Waals surface area contributed by atoms with Crippen molar-refractivity contribution in [3.05, 3.63) is 29.8 Å². The first-order chi connectivity index (χ1) is 10.3. The van der Waals surface area contributed by atoms with Crippen LogP contribution in [0.3, 0.4) is 0 Å². The van der Waals surface area contributed by atoms with E-state index in [1.807, 2.05) is 0 Å². The Hall–Kier alpha value is -1.27. The lowest BCUT2D eigenvalue weighted by Gasteiger charge is -2.25. The molecule has 1 saturated heterocycles. The van der Waals surface area contributed by atoms with E-state index >= 15 is 0 Å². The summed E-state index contributed by atoms with van der Waals surface area (Å²) in [7, 11) is 0. The van der Waals surface area contributed by atoms with Gasteiger partial charge in [-0.15, -0.1) is 0 Å². The maximum absolute atomic E-state index is 12.5. The van der Waals surface area contributed by atoms with Crippen LogP contribution < -0.4 is 4.74 Å². The second-order valence-corrected chi connectivity index (χ2v) is 5.99. The van der Waals surface area contributed by atoms with Crippen LogP contribution in [0.5, 0.6) is 5.75 Å². The molecule has 1 fully saturated rings. The number of nitrogens with zero attached hydrogens (tertiary/aromatic N) is 1. The zero-order valence-corrected chi connectivity index (χ0v) is 12.9. The SMILES string of the molecule is CC(C)CN1CCOCC(Oc2ccc(C(F)(F)F)cc2)C1. The average molecular weight is 317 g/mol. The molecule has 124 valence electrons. The van der Waals surface area contributed by atoms with Gasteiger partial charge in [-0.05, 0) is 30.2 Å². The third kappa shape index (κ3) is 5.18. The molecule has 0 radical (unpaired) electrons. The molecule has 0 aromatic heterocycles. The van der Waals surface area contributed by atoms with Gasteiger partial charge in [0, 0.05) is 19.6 Å². The van der Waals surface area contributed by atoms with E-state index in [9.17, 15) is 13.2 Å². The van der Waals surface area contributed by atoms with E-state index in [0.29, 0.717) is 24.9 Å². The molecule has 1 aromatic rings. The van der Waals surface area contributed by atoms with Crippen molar-refractivity contribution in [2.24, 2.45) is 5.92 Å². The number of benzene rings is 1. The van der Waals surface area contributed by atoms with Gasteiger partial charge in [-0.2, -0.15) is 13.2 Å². The third-order valence-electron chi connectivity index (χ3n) is 3.43. The first-order valence-corrected chi connectivity index (χ1v) is 7.48. The highest BCUT2D eigenvalue weighted by molar-refractivity contribution is 5.29. The van der Waals surface area contributed by atoms with Crippen molar-refractivity contribution < 1.29 is 22.6 Å². The van der Waals surface area contributed by atoms with Gasteiger partial charge in [0.05, 0.1) is 18.8 Å². The van der Waals surface area contributed by atoms with Gasteiger partial charge < -0.3 is 9.47 Å². The molecule has 1 aliphatic heterocycles. The minimum atomic E-state index is -4.32. The Kier molecular flexibility index (Phi) is 5.69. The van der Waals surface area contributed by atoms with Crippen LogP contribution in [0.1, 0.15) is 19.4 Å². The lowest BCUT2D eigenvalue weighted by atomic mass is 10.2. The fraction of sp³-hybridized carbons (Fsp3) is 0.625. The topological polar surface area (TPSA) is 21.7 Å². The van der Waals surface area contributed by atoms with Gasteiger partial charge in [-0.3, -0.25) is 4.90 Å². The minimum Gasteiger partial charge on any atom is -0.487 e. The molecule has 0 amide bonds. The van der Waals surface area contributed by atoms with Crippen molar-refractivity contribution in [3.8, 4) is 5.75 Å². The van der Waals surface area contributed by atoms with Crippen molar-refractivity contribution >= 4 is 0 Å². The molecule has 1 unspecified atom stereocenters. The molecule has 0 saturated carbocycles. The summed E-state index contributed by atoms with van der Waals surface area (Å²) < 4.78 is 48.9. The molecule has 0 N–H and O–H groups in total. The fourth-order valence-electron chi connectivity index (χ4n) is 2.51. The number of halogens is 3. The Balaban J connectivity index is 1.96. The summed E-state index contributed by atoms with van der Waals surface area (Å²) in [5, 5.41) is 0. The number of rotatable bonds is 4. The van der Waals surface area contributed by atoms with Crippen LogP contribution >= 0.6 is 0 Å². The summed E-state index contributed by atoms with van der Waals surface area (Å²) in [5.74, 6) is 0.984. The average Bonchev–Trinajstić information content (AvgIpc) is 2.63. The Morgan fingerprint density at radius 1 is 1.27 bits per heavy atom. The molecule has 0 aliphatic carbocycles.